The summed E-state index contributed by atoms with van der Waals surface area (Å²) in [6.07, 6.45) is 0. The molecule has 0 saturated heterocycles. The Hall–Kier alpha value is -1.66. The van der Waals surface area contributed by atoms with Crippen molar-refractivity contribution in [2.24, 2.45) is 0 Å². The number of benzene rings is 2. The number of para-hydroxylation sites is 1. The van der Waals surface area contributed by atoms with E-state index in [9.17, 15) is 0 Å². The van der Waals surface area contributed by atoms with Crippen LogP contribution < -0.4 is 20.9 Å². The van der Waals surface area contributed by atoms with Crippen LogP contribution >= 0.6 is 21.6 Å². The van der Waals surface area contributed by atoms with Crippen molar-refractivity contribution >= 4 is 33.0 Å². The smallest absolute Gasteiger partial charge is 0.231 e. The van der Waals surface area contributed by atoms with Crippen molar-refractivity contribution in [2.45, 2.75) is 9.79 Å². The lowest BCUT2D eigenvalue weighted by Gasteiger charge is -2.07. The Labute approximate surface area is 118 Å². The van der Waals surface area contributed by atoms with E-state index in [2.05, 4.69) is 0 Å². The SMILES string of the molecule is Nc1ccccc1SSc1cc2c(cc1N)OCO2. The summed E-state index contributed by atoms with van der Waals surface area (Å²) >= 11 is 0. The van der Waals surface area contributed by atoms with E-state index in [1.165, 1.54) is 0 Å². The van der Waals surface area contributed by atoms with Crippen LogP contribution in [0.4, 0.5) is 11.4 Å². The maximum Gasteiger partial charge on any atom is 0.231 e. The summed E-state index contributed by atoms with van der Waals surface area (Å²) in [5.41, 5.74) is 13.3. The Morgan fingerprint density at radius 2 is 1.53 bits per heavy atom. The molecule has 2 aromatic carbocycles. The molecule has 0 unspecified atom stereocenters. The molecule has 6 heteroatoms. The largest absolute Gasteiger partial charge is 0.454 e. The zero-order valence-corrected chi connectivity index (χ0v) is 11.6. The second-order valence-electron chi connectivity index (χ2n) is 3.95. The molecular formula is C13H12N2O2S2. The predicted molar refractivity (Wildman–Crippen MR) is 79.5 cm³/mol. The molecule has 0 radical (unpaired) electrons. The number of nitrogen functional groups attached to an aromatic ring is 2. The number of hydrogen-bond acceptors (Lipinski definition) is 6. The first-order valence-electron chi connectivity index (χ1n) is 5.62. The van der Waals surface area contributed by atoms with Crippen molar-refractivity contribution < 1.29 is 9.47 Å². The van der Waals surface area contributed by atoms with Gasteiger partial charge in [0.05, 0.1) is 5.69 Å². The van der Waals surface area contributed by atoms with E-state index in [1.54, 1.807) is 27.7 Å². The van der Waals surface area contributed by atoms with Gasteiger partial charge in [-0.2, -0.15) is 0 Å². The lowest BCUT2D eigenvalue weighted by atomic mass is 10.3. The van der Waals surface area contributed by atoms with Gasteiger partial charge in [0.25, 0.3) is 0 Å². The average molecular weight is 292 g/mol. The van der Waals surface area contributed by atoms with Crippen molar-refractivity contribution in [3.63, 3.8) is 0 Å². The quantitative estimate of drug-likeness (QED) is 0.667. The van der Waals surface area contributed by atoms with Gasteiger partial charge in [-0.3, -0.25) is 0 Å². The molecule has 3 rings (SSSR count). The van der Waals surface area contributed by atoms with Crippen LogP contribution in [0.25, 0.3) is 0 Å². The Balaban J connectivity index is 1.79. The summed E-state index contributed by atoms with van der Waals surface area (Å²) in [5, 5.41) is 0. The average Bonchev–Trinajstić information content (AvgIpc) is 2.84. The molecular weight excluding hydrogens is 280 g/mol. The van der Waals surface area contributed by atoms with Crippen LogP contribution in [0, 0.1) is 0 Å². The van der Waals surface area contributed by atoms with Gasteiger partial charge < -0.3 is 20.9 Å². The van der Waals surface area contributed by atoms with Gasteiger partial charge >= 0.3 is 0 Å². The molecule has 1 aliphatic heterocycles. The van der Waals surface area contributed by atoms with E-state index in [0.29, 0.717) is 11.4 Å². The Morgan fingerprint density at radius 1 is 0.842 bits per heavy atom. The van der Waals surface area contributed by atoms with Gasteiger partial charge in [-0.05, 0) is 12.1 Å². The van der Waals surface area contributed by atoms with E-state index < -0.39 is 0 Å². The molecule has 1 heterocycles. The summed E-state index contributed by atoms with van der Waals surface area (Å²) in [6.45, 7) is 0.252. The number of rotatable bonds is 3. The molecule has 0 amide bonds. The van der Waals surface area contributed by atoms with Gasteiger partial charge in [0.1, 0.15) is 0 Å². The van der Waals surface area contributed by atoms with Crippen LogP contribution in [0.1, 0.15) is 0 Å². The number of nitrogens with two attached hydrogens (primary N) is 2. The summed E-state index contributed by atoms with van der Waals surface area (Å²) in [5.74, 6) is 1.43. The highest BCUT2D eigenvalue weighted by Crippen LogP contribution is 2.46. The van der Waals surface area contributed by atoms with Gasteiger partial charge in [-0.1, -0.05) is 33.7 Å². The van der Waals surface area contributed by atoms with Gasteiger partial charge in [-0.15, -0.1) is 0 Å². The highest BCUT2D eigenvalue weighted by Gasteiger charge is 2.16. The number of ether oxygens (including phenoxy) is 2. The minimum absolute atomic E-state index is 0.252. The predicted octanol–water partition coefficient (Wildman–Crippen LogP) is 3.38. The number of fused-ring (bicyclic) bond motifs is 1. The standard InChI is InChI=1S/C13H12N2O2S2/c14-8-3-1-2-4-12(8)18-19-13-6-11-10(5-9(13)15)16-7-17-11/h1-6H,7,14-15H2. The molecule has 4 N–H and O–H groups in total. The molecule has 0 fully saturated rings. The summed E-state index contributed by atoms with van der Waals surface area (Å²) < 4.78 is 10.6. The minimum Gasteiger partial charge on any atom is -0.454 e. The van der Waals surface area contributed by atoms with Crippen LogP contribution in [0.5, 0.6) is 11.5 Å². The summed E-state index contributed by atoms with van der Waals surface area (Å²) in [7, 11) is 3.13. The normalized spacial score (nSPS) is 12.6. The van der Waals surface area contributed by atoms with E-state index in [-0.39, 0.29) is 6.79 Å². The fourth-order valence-electron chi connectivity index (χ4n) is 1.66. The number of hydrogen-bond donors (Lipinski definition) is 2. The Bertz CT molecular complexity index is 620. The van der Waals surface area contributed by atoms with Crippen LogP contribution in [0.15, 0.2) is 46.2 Å². The van der Waals surface area contributed by atoms with Crippen LogP contribution in [-0.2, 0) is 0 Å². The third-order valence-electron chi connectivity index (χ3n) is 2.65. The van der Waals surface area contributed by atoms with E-state index in [1.807, 2.05) is 30.3 Å². The molecule has 0 aliphatic carbocycles. The second-order valence-corrected chi connectivity index (χ2v) is 6.16. The maximum absolute atomic E-state index is 5.99. The Morgan fingerprint density at radius 3 is 2.32 bits per heavy atom. The van der Waals surface area contributed by atoms with E-state index in [0.717, 1.165) is 21.2 Å². The monoisotopic (exact) mass is 292 g/mol. The van der Waals surface area contributed by atoms with Crippen molar-refractivity contribution in [1.82, 2.24) is 0 Å². The molecule has 2 aromatic rings. The molecule has 0 aromatic heterocycles. The van der Waals surface area contributed by atoms with Crippen molar-refractivity contribution in [3.05, 3.63) is 36.4 Å². The van der Waals surface area contributed by atoms with E-state index >= 15 is 0 Å². The lowest BCUT2D eigenvalue weighted by Crippen LogP contribution is -1.92. The number of anilines is 2. The molecule has 0 bridgehead atoms. The first-order valence-corrected chi connectivity index (χ1v) is 7.77. The fraction of sp³-hybridized carbons (Fsp3) is 0.0769. The molecule has 0 spiro atoms. The zero-order chi connectivity index (χ0) is 13.2. The first kappa shape index (κ1) is 12.4. The second kappa shape index (κ2) is 5.14. The van der Waals surface area contributed by atoms with Crippen molar-refractivity contribution in [2.75, 3.05) is 18.3 Å². The first-order chi connectivity index (χ1) is 9.24. The molecule has 0 saturated carbocycles. The molecule has 1 aliphatic rings. The van der Waals surface area contributed by atoms with Crippen molar-refractivity contribution in [3.8, 4) is 11.5 Å². The molecule has 4 nitrogen and oxygen atoms in total. The topological polar surface area (TPSA) is 70.5 Å². The van der Waals surface area contributed by atoms with Gasteiger partial charge in [0, 0.05) is 27.6 Å². The summed E-state index contributed by atoms with van der Waals surface area (Å²) in [6, 6.07) is 11.4. The van der Waals surface area contributed by atoms with Crippen LogP contribution in [0.2, 0.25) is 0 Å². The highest BCUT2D eigenvalue weighted by atomic mass is 33.1. The van der Waals surface area contributed by atoms with Gasteiger partial charge in [0.2, 0.25) is 6.79 Å². The van der Waals surface area contributed by atoms with Gasteiger partial charge in [0.15, 0.2) is 11.5 Å². The van der Waals surface area contributed by atoms with Crippen LogP contribution in [-0.4, -0.2) is 6.79 Å². The van der Waals surface area contributed by atoms with Crippen LogP contribution in [0.3, 0.4) is 0 Å². The molecule has 19 heavy (non-hydrogen) atoms. The third-order valence-corrected chi connectivity index (χ3v) is 5.14. The van der Waals surface area contributed by atoms with Gasteiger partial charge in [-0.25, -0.2) is 0 Å². The Kier molecular flexibility index (Phi) is 3.35. The molecule has 98 valence electrons. The minimum atomic E-state index is 0.252. The maximum atomic E-state index is 5.99. The van der Waals surface area contributed by atoms with Crippen molar-refractivity contribution in [1.29, 1.82) is 0 Å². The third kappa shape index (κ3) is 2.54. The summed E-state index contributed by atoms with van der Waals surface area (Å²) in [4.78, 5) is 1.96. The van der Waals surface area contributed by atoms with E-state index in [4.69, 9.17) is 20.9 Å². The highest BCUT2D eigenvalue weighted by molar-refractivity contribution is 8.76. The zero-order valence-electron chi connectivity index (χ0n) is 9.96. The lowest BCUT2D eigenvalue weighted by molar-refractivity contribution is 0.174. The fourth-order valence-corrected chi connectivity index (χ4v) is 3.87. The molecule has 0 atom stereocenters.